The van der Waals surface area contributed by atoms with E-state index in [-0.39, 0.29) is 0 Å². The van der Waals surface area contributed by atoms with Gasteiger partial charge in [-0.1, -0.05) is 0 Å². The largest absolute Gasteiger partial charge is 0.353 e. The molecule has 0 bridgehead atoms. The summed E-state index contributed by atoms with van der Waals surface area (Å²) in [7, 11) is 0. The molecule has 1 aliphatic heterocycles. The van der Waals surface area contributed by atoms with E-state index in [1.165, 1.54) is 0 Å². The molecule has 4 heterocycles. The van der Waals surface area contributed by atoms with E-state index in [4.69, 9.17) is 0 Å². The number of aromatic nitrogens is 5. The van der Waals surface area contributed by atoms with Gasteiger partial charge in [-0.05, 0) is 24.6 Å². The van der Waals surface area contributed by atoms with Crippen LogP contribution in [0.3, 0.4) is 0 Å². The molecular formula is C15H17N7. The molecule has 0 radical (unpaired) electrons. The van der Waals surface area contributed by atoms with Crippen LogP contribution in [0.2, 0.25) is 0 Å². The lowest BCUT2D eigenvalue weighted by Gasteiger charge is -2.28. The lowest BCUT2D eigenvalue weighted by molar-refractivity contribution is 0.586. The van der Waals surface area contributed by atoms with Gasteiger partial charge in [-0.25, -0.2) is 15.0 Å². The first kappa shape index (κ1) is 13.1. The SMILES string of the molecule is Cc1ccnc(-n2ncc3c(N4CCNCC4)ncnc32)c1. The summed E-state index contributed by atoms with van der Waals surface area (Å²) in [5.41, 5.74) is 1.94. The highest BCUT2D eigenvalue weighted by molar-refractivity contribution is 5.87. The first-order chi connectivity index (χ1) is 10.8. The van der Waals surface area contributed by atoms with Gasteiger partial charge < -0.3 is 10.2 Å². The van der Waals surface area contributed by atoms with Gasteiger partial charge in [-0.15, -0.1) is 0 Å². The number of anilines is 1. The van der Waals surface area contributed by atoms with Crippen molar-refractivity contribution in [3.8, 4) is 5.82 Å². The second-order valence-electron chi connectivity index (χ2n) is 5.42. The quantitative estimate of drug-likeness (QED) is 0.758. The first-order valence-electron chi connectivity index (χ1n) is 7.40. The monoisotopic (exact) mass is 295 g/mol. The van der Waals surface area contributed by atoms with Crippen LogP contribution < -0.4 is 10.2 Å². The van der Waals surface area contributed by atoms with Crippen LogP contribution in [0.15, 0.2) is 30.9 Å². The minimum Gasteiger partial charge on any atom is -0.353 e. The van der Waals surface area contributed by atoms with Crippen LogP contribution in [-0.2, 0) is 0 Å². The fourth-order valence-electron chi connectivity index (χ4n) is 2.76. The molecule has 0 spiro atoms. The average molecular weight is 295 g/mol. The summed E-state index contributed by atoms with van der Waals surface area (Å²) in [6.45, 7) is 5.87. The summed E-state index contributed by atoms with van der Waals surface area (Å²) in [5.74, 6) is 1.73. The number of rotatable bonds is 2. The van der Waals surface area contributed by atoms with Crippen molar-refractivity contribution in [2.45, 2.75) is 6.92 Å². The zero-order valence-electron chi connectivity index (χ0n) is 12.4. The summed E-state index contributed by atoms with van der Waals surface area (Å²) in [6, 6.07) is 3.97. The van der Waals surface area contributed by atoms with Crippen LogP contribution >= 0.6 is 0 Å². The maximum atomic E-state index is 4.47. The van der Waals surface area contributed by atoms with Crippen molar-refractivity contribution in [2.75, 3.05) is 31.1 Å². The van der Waals surface area contributed by atoms with Crippen LogP contribution in [0.25, 0.3) is 16.9 Å². The molecule has 7 nitrogen and oxygen atoms in total. The molecule has 0 aromatic carbocycles. The van der Waals surface area contributed by atoms with Gasteiger partial charge in [0.05, 0.1) is 11.6 Å². The molecule has 3 aromatic rings. The second-order valence-corrected chi connectivity index (χ2v) is 5.42. The van der Waals surface area contributed by atoms with E-state index in [1.807, 2.05) is 25.3 Å². The highest BCUT2D eigenvalue weighted by Gasteiger charge is 2.18. The van der Waals surface area contributed by atoms with Crippen molar-refractivity contribution in [3.05, 3.63) is 36.4 Å². The Morgan fingerprint density at radius 3 is 2.82 bits per heavy atom. The van der Waals surface area contributed by atoms with Gasteiger partial charge in [-0.2, -0.15) is 9.78 Å². The molecule has 1 N–H and O–H groups in total. The van der Waals surface area contributed by atoms with Gasteiger partial charge in [0, 0.05) is 32.4 Å². The molecule has 3 aromatic heterocycles. The molecule has 4 rings (SSSR count). The highest BCUT2D eigenvalue weighted by atomic mass is 15.3. The summed E-state index contributed by atoms with van der Waals surface area (Å²) in [4.78, 5) is 15.5. The first-order valence-corrected chi connectivity index (χ1v) is 7.40. The molecule has 0 saturated carbocycles. The van der Waals surface area contributed by atoms with E-state index in [9.17, 15) is 0 Å². The second kappa shape index (κ2) is 5.34. The van der Waals surface area contributed by atoms with E-state index in [0.29, 0.717) is 0 Å². The Morgan fingerprint density at radius 1 is 1.14 bits per heavy atom. The number of nitrogens with one attached hydrogen (secondary N) is 1. The predicted molar refractivity (Wildman–Crippen MR) is 84.3 cm³/mol. The molecule has 1 fully saturated rings. The van der Waals surface area contributed by atoms with Crippen LogP contribution in [0.1, 0.15) is 5.56 Å². The van der Waals surface area contributed by atoms with Crippen molar-refractivity contribution < 1.29 is 0 Å². The topological polar surface area (TPSA) is 71.8 Å². The average Bonchev–Trinajstić information content (AvgIpc) is 3.00. The van der Waals surface area contributed by atoms with E-state index in [0.717, 1.165) is 54.4 Å². The molecule has 22 heavy (non-hydrogen) atoms. The Balaban J connectivity index is 1.83. The third kappa shape index (κ3) is 2.19. The number of hydrogen-bond donors (Lipinski definition) is 1. The number of hydrogen-bond acceptors (Lipinski definition) is 6. The molecule has 112 valence electrons. The van der Waals surface area contributed by atoms with E-state index in [2.05, 4.69) is 30.3 Å². The van der Waals surface area contributed by atoms with Crippen LogP contribution in [0.5, 0.6) is 0 Å². The van der Waals surface area contributed by atoms with Gasteiger partial charge in [0.2, 0.25) is 0 Å². The van der Waals surface area contributed by atoms with Crippen molar-refractivity contribution in [1.82, 2.24) is 30.0 Å². The minimum atomic E-state index is 0.778. The van der Waals surface area contributed by atoms with E-state index in [1.54, 1.807) is 17.2 Å². The number of aryl methyl sites for hydroxylation is 1. The summed E-state index contributed by atoms with van der Waals surface area (Å²) < 4.78 is 1.77. The van der Waals surface area contributed by atoms with Crippen molar-refractivity contribution in [3.63, 3.8) is 0 Å². The van der Waals surface area contributed by atoms with Gasteiger partial charge in [0.15, 0.2) is 11.5 Å². The fourth-order valence-corrected chi connectivity index (χ4v) is 2.76. The van der Waals surface area contributed by atoms with Gasteiger partial charge in [-0.3, -0.25) is 0 Å². The third-order valence-electron chi connectivity index (χ3n) is 3.88. The van der Waals surface area contributed by atoms with Gasteiger partial charge >= 0.3 is 0 Å². The number of nitrogens with zero attached hydrogens (tertiary/aromatic N) is 6. The Labute approximate surface area is 128 Å². The van der Waals surface area contributed by atoms with E-state index >= 15 is 0 Å². The molecule has 0 unspecified atom stereocenters. The molecule has 0 aliphatic carbocycles. The minimum absolute atomic E-state index is 0.778. The van der Waals surface area contributed by atoms with Crippen molar-refractivity contribution in [1.29, 1.82) is 0 Å². The van der Waals surface area contributed by atoms with Gasteiger partial charge in [0.25, 0.3) is 0 Å². The zero-order valence-corrected chi connectivity index (χ0v) is 12.4. The number of piperazine rings is 1. The third-order valence-corrected chi connectivity index (χ3v) is 3.88. The normalized spacial score (nSPS) is 15.4. The molecule has 0 atom stereocenters. The lowest BCUT2D eigenvalue weighted by atomic mass is 10.3. The molecule has 1 saturated heterocycles. The number of pyridine rings is 1. The molecule has 7 heteroatoms. The predicted octanol–water partition coefficient (Wildman–Crippen LogP) is 0.929. The molecule has 1 aliphatic rings. The maximum absolute atomic E-state index is 4.47. The van der Waals surface area contributed by atoms with Gasteiger partial charge in [0.1, 0.15) is 12.1 Å². The Morgan fingerprint density at radius 2 is 2.00 bits per heavy atom. The lowest BCUT2D eigenvalue weighted by Crippen LogP contribution is -2.44. The smallest absolute Gasteiger partial charge is 0.170 e. The summed E-state index contributed by atoms with van der Waals surface area (Å²) >= 11 is 0. The summed E-state index contributed by atoms with van der Waals surface area (Å²) in [6.07, 6.45) is 5.22. The highest BCUT2D eigenvalue weighted by Crippen LogP contribution is 2.24. The van der Waals surface area contributed by atoms with Crippen molar-refractivity contribution >= 4 is 16.9 Å². The van der Waals surface area contributed by atoms with Crippen LogP contribution in [0, 0.1) is 6.92 Å². The molecular weight excluding hydrogens is 278 g/mol. The number of fused-ring (bicyclic) bond motifs is 1. The van der Waals surface area contributed by atoms with E-state index < -0.39 is 0 Å². The zero-order chi connectivity index (χ0) is 14.9. The van der Waals surface area contributed by atoms with Crippen LogP contribution in [-0.4, -0.2) is 50.9 Å². The standard InChI is InChI=1S/C15H17N7/c1-11-2-3-17-13(8-11)22-15-12(9-20-22)14(18-10-19-15)21-6-4-16-5-7-21/h2-3,8-10,16H,4-7H2,1H3. The van der Waals surface area contributed by atoms with Crippen LogP contribution in [0.4, 0.5) is 5.82 Å². The maximum Gasteiger partial charge on any atom is 0.170 e. The Kier molecular flexibility index (Phi) is 3.19. The Bertz CT molecular complexity index is 805. The Hall–Kier alpha value is -2.54. The molecule has 0 amide bonds. The summed E-state index contributed by atoms with van der Waals surface area (Å²) in [5, 5.41) is 8.79. The fraction of sp³-hybridized carbons (Fsp3) is 0.333. The van der Waals surface area contributed by atoms with Crippen molar-refractivity contribution in [2.24, 2.45) is 0 Å².